The van der Waals surface area contributed by atoms with Crippen LogP contribution in [0.25, 0.3) is 0 Å². The van der Waals surface area contributed by atoms with E-state index in [9.17, 15) is 4.79 Å². The summed E-state index contributed by atoms with van der Waals surface area (Å²) in [4.78, 5) is 11.6. The van der Waals surface area contributed by atoms with Crippen LogP contribution in [0.4, 0.5) is 0 Å². The largest absolute Gasteiger partial charge is 0.369 e. The van der Waals surface area contributed by atoms with Crippen molar-refractivity contribution in [3.8, 4) is 0 Å². The first-order chi connectivity index (χ1) is 6.91. The first-order valence-electron chi connectivity index (χ1n) is 6.21. The van der Waals surface area contributed by atoms with Crippen LogP contribution in [0.3, 0.4) is 0 Å². The van der Waals surface area contributed by atoms with Gasteiger partial charge in [-0.15, -0.1) is 0 Å². The van der Waals surface area contributed by atoms with E-state index in [1.807, 2.05) is 6.92 Å². The monoisotopic (exact) mass is 213 g/mol. The van der Waals surface area contributed by atoms with Crippen molar-refractivity contribution in [3.05, 3.63) is 0 Å². The summed E-state index contributed by atoms with van der Waals surface area (Å²) in [5.41, 5.74) is 5.24. The molecule has 0 heterocycles. The molecule has 0 aliphatic heterocycles. The Balaban J connectivity index is 4.70. The minimum absolute atomic E-state index is 0.138. The zero-order valence-electron chi connectivity index (χ0n) is 11.0. The Morgan fingerprint density at radius 2 is 1.80 bits per heavy atom. The number of nitrogens with two attached hydrogens (primary N) is 1. The number of unbranched alkanes of at least 4 members (excludes halogenated alkanes) is 1. The molecule has 0 bridgehead atoms. The van der Waals surface area contributed by atoms with Crippen LogP contribution in [0.5, 0.6) is 0 Å². The molecule has 0 aliphatic rings. The minimum Gasteiger partial charge on any atom is -0.369 e. The number of carbonyl (C=O) groups is 1. The van der Waals surface area contributed by atoms with Crippen molar-refractivity contribution in [2.24, 2.45) is 23.0 Å². The van der Waals surface area contributed by atoms with Gasteiger partial charge in [-0.25, -0.2) is 0 Å². The molecule has 0 aromatic rings. The van der Waals surface area contributed by atoms with Gasteiger partial charge in [-0.05, 0) is 18.3 Å². The van der Waals surface area contributed by atoms with Gasteiger partial charge in [0.15, 0.2) is 0 Å². The van der Waals surface area contributed by atoms with Crippen molar-refractivity contribution in [3.63, 3.8) is 0 Å². The van der Waals surface area contributed by atoms with Gasteiger partial charge in [0, 0.05) is 0 Å². The molecule has 0 rings (SSSR count). The maximum atomic E-state index is 11.6. The number of primary amides is 1. The molecule has 0 aromatic heterocycles. The number of hydrogen-bond acceptors (Lipinski definition) is 1. The van der Waals surface area contributed by atoms with Gasteiger partial charge < -0.3 is 5.73 Å². The van der Waals surface area contributed by atoms with Crippen molar-refractivity contribution in [2.45, 2.75) is 60.3 Å². The zero-order chi connectivity index (χ0) is 12.1. The normalized spacial score (nSPS) is 19.3. The summed E-state index contributed by atoms with van der Waals surface area (Å²) < 4.78 is 0. The number of amides is 1. The first kappa shape index (κ1) is 14.5. The Morgan fingerprint density at radius 1 is 1.27 bits per heavy atom. The van der Waals surface area contributed by atoms with Gasteiger partial charge in [0.1, 0.15) is 0 Å². The summed E-state index contributed by atoms with van der Waals surface area (Å²) >= 11 is 0. The number of hydrogen-bond donors (Lipinski definition) is 1. The summed E-state index contributed by atoms with van der Waals surface area (Å²) in [5, 5.41) is 0. The Labute approximate surface area is 94.6 Å². The Hall–Kier alpha value is -0.530. The van der Waals surface area contributed by atoms with Crippen molar-refractivity contribution in [1.82, 2.24) is 0 Å². The highest BCUT2D eigenvalue weighted by molar-refractivity contribution is 5.81. The van der Waals surface area contributed by atoms with Crippen LogP contribution < -0.4 is 5.73 Å². The molecule has 1 amide bonds. The predicted molar refractivity (Wildman–Crippen MR) is 65.4 cm³/mol. The predicted octanol–water partition coefficient (Wildman–Crippen LogP) is 3.35. The molecule has 90 valence electrons. The molecule has 3 atom stereocenters. The molecule has 2 N–H and O–H groups in total. The Bertz CT molecular complexity index is 203. The third kappa shape index (κ3) is 3.22. The van der Waals surface area contributed by atoms with Gasteiger partial charge in [0.2, 0.25) is 5.91 Å². The highest BCUT2D eigenvalue weighted by atomic mass is 16.1. The van der Waals surface area contributed by atoms with E-state index in [-0.39, 0.29) is 11.3 Å². The lowest BCUT2D eigenvalue weighted by molar-refractivity contribution is -0.133. The van der Waals surface area contributed by atoms with Crippen LogP contribution in [-0.4, -0.2) is 5.91 Å². The van der Waals surface area contributed by atoms with Crippen molar-refractivity contribution < 1.29 is 4.79 Å². The van der Waals surface area contributed by atoms with Crippen LogP contribution in [0.2, 0.25) is 0 Å². The van der Waals surface area contributed by atoms with E-state index < -0.39 is 0 Å². The number of rotatable bonds is 7. The molecular formula is C13H27NO. The summed E-state index contributed by atoms with van der Waals surface area (Å²) in [6.45, 7) is 10.6. The summed E-state index contributed by atoms with van der Waals surface area (Å²) in [6.07, 6.45) is 4.47. The van der Waals surface area contributed by atoms with E-state index in [1.165, 1.54) is 12.8 Å². The maximum Gasteiger partial charge on any atom is 0.223 e. The van der Waals surface area contributed by atoms with Crippen LogP contribution in [0.15, 0.2) is 0 Å². The second-order valence-corrected chi connectivity index (χ2v) is 5.00. The van der Waals surface area contributed by atoms with E-state index in [0.29, 0.717) is 11.8 Å². The molecule has 0 spiro atoms. The molecule has 0 radical (unpaired) electrons. The van der Waals surface area contributed by atoms with Crippen LogP contribution in [0, 0.1) is 17.3 Å². The fourth-order valence-electron chi connectivity index (χ4n) is 2.21. The number of carbonyl (C=O) groups excluding carboxylic acids is 1. The van der Waals surface area contributed by atoms with E-state index in [0.717, 1.165) is 12.8 Å². The topological polar surface area (TPSA) is 43.1 Å². The smallest absolute Gasteiger partial charge is 0.223 e. The molecule has 0 aliphatic carbocycles. The average molecular weight is 213 g/mol. The molecule has 0 fully saturated rings. The summed E-state index contributed by atoms with van der Waals surface area (Å²) in [7, 11) is 0. The highest BCUT2D eigenvalue weighted by Gasteiger charge is 2.40. The van der Waals surface area contributed by atoms with E-state index >= 15 is 0 Å². The SMILES string of the molecule is CCCCC(C)C(C)(C(N)=O)C(C)CC. The molecule has 3 unspecified atom stereocenters. The second kappa shape index (κ2) is 6.14. The third-order valence-electron chi connectivity index (χ3n) is 4.18. The van der Waals surface area contributed by atoms with Gasteiger partial charge in [0.25, 0.3) is 0 Å². The van der Waals surface area contributed by atoms with Crippen molar-refractivity contribution in [2.75, 3.05) is 0 Å². The lowest BCUT2D eigenvalue weighted by Gasteiger charge is -2.38. The highest BCUT2D eigenvalue weighted by Crippen LogP contribution is 2.39. The molecule has 0 aromatic carbocycles. The molecule has 15 heavy (non-hydrogen) atoms. The lowest BCUT2D eigenvalue weighted by atomic mass is 9.66. The molecule has 2 heteroatoms. The van der Waals surface area contributed by atoms with E-state index in [4.69, 9.17) is 5.73 Å². The first-order valence-corrected chi connectivity index (χ1v) is 6.21. The van der Waals surface area contributed by atoms with E-state index in [2.05, 4.69) is 27.7 Å². The summed E-state index contributed by atoms with van der Waals surface area (Å²) in [6, 6.07) is 0. The Morgan fingerprint density at radius 3 is 2.13 bits per heavy atom. The standard InChI is InChI=1S/C13H27NO/c1-6-8-9-11(4)13(5,12(14)15)10(3)7-2/h10-11H,6-9H2,1-5H3,(H2,14,15). The molecular weight excluding hydrogens is 186 g/mol. The maximum absolute atomic E-state index is 11.6. The van der Waals surface area contributed by atoms with Gasteiger partial charge in [-0.2, -0.15) is 0 Å². The quantitative estimate of drug-likeness (QED) is 0.692. The van der Waals surface area contributed by atoms with Gasteiger partial charge in [-0.1, -0.05) is 53.9 Å². The fraction of sp³-hybridized carbons (Fsp3) is 0.923. The van der Waals surface area contributed by atoms with Crippen LogP contribution in [0.1, 0.15) is 60.3 Å². The summed E-state index contributed by atoms with van der Waals surface area (Å²) in [5.74, 6) is 0.604. The van der Waals surface area contributed by atoms with Crippen molar-refractivity contribution in [1.29, 1.82) is 0 Å². The average Bonchev–Trinajstić information content (AvgIpc) is 2.22. The van der Waals surface area contributed by atoms with Gasteiger partial charge in [-0.3, -0.25) is 4.79 Å². The lowest BCUT2D eigenvalue weighted by Crippen LogP contribution is -2.44. The molecule has 0 saturated carbocycles. The van der Waals surface area contributed by atoms with E-state index in [1.54, 1.807) is 0 Å². The van der Waals surface area contributed by atoms with Crippen molar-refractivity contribution >= 4 is 5.91 Å². The Kier molecular flexibility index (Phi) is 5.92. The second-order valence-electron chi connectivity index (χ2n) is 5.00. The van der Waals surface area contributed by atoms with Crippen LogP contribution >= 0.6 is 0 Å². The molecule has 2 nitrogen and oxygen atoms in total. The van der Waals surface area contributed by atoms with Crippen LogP contribution in [-0.2, 0) is 4.79 Å². The van der Waals surface area contributed by atoms with Gasteiger partial charge >= 0.3 is 0 Å². The molecule has 0 saturated heterocycles. The van der Waals surface area contributed by atoms with Gasteiger partial charge in [0.05, 0.1) is 5.41 Å². The minimum atomic E-state index is -0.343. The zero-order valence-corrected chi connectivity index (χ0v) is 11.0. The fourth-order valence-corrected chi connectivity index (χ4v) is 2.21. The third-order valence-corrected chi connectivity index (χ3v) is 4.18.